The van der Waals surface area contributed by atoms with Gasteiger partial charge < -0.3 is 14.4 Å². The summed E-state index contributed by atoms with van der Waals surface area (Å²) < 4.78 is 37.5. The van der Waals surface area contributed by atoms with Crippen molar-refractivity contribution in [3.63, 3.8) is 0 Å². The van der Waals surface area contributed by atoms with Crippen LogP contribution >= 0.6 is 0 Å². The summed E-state index contributed by atoms with van der Waals surface area (Å²) in [6.07, 6.45) is 2.19. The predicted molar refractivity (Wildman–Crippen MR) is 109 cm³/mol. The third-order valence-electron chi connectivity index (χ3n) is 5.67. The molecule has 0 unspecified atom stereocenters. The number of carbonyl (C=O) groups excluding carboxylic acids is 1. The number of carbonyl (C=O) groups is 1. The van der Waals surface area contributed by atoms with Gasteiger partial charge in [-0.3, -0.25) is 9.69 Å². The molecule has 0 saturated carbocycles. The highest BCUT2D eigenvalue weighted by Crippen LogP contribution is 2.26. The van der Waals surface area contributed by atoms with E-state index in [1.165, 1.54) is 23.3 Å². The topological polar surface area (TPSA) is 42.0 Å². The molecule has 0 bridgehead atoms. The third kappa shape index (κ3) is 5.08. The molecule has 1 amide bonds. The molecule has 2 aromatic rings. The first kappa shape index (κ1) is 20.6. The molecule has 1 saturated heterocycles. The summed E-state index contributed by atoms with van der Waals surface area (Å²) in [6, 6.07) is 9.49. The standard InChI is InChI=1S/C23H26F2N2O3/c24-19-3-5-22(20(25)16-19)30-14-12-26-8-10-27(11-9-26)23(28)6-2-17-1-4-21-18(15-17)7-13-29-21/h1,3-5,15-16H,2,6-14H2. The summed E-state index contributed by atoms with van der Waals surface area (Å²) in [5, 5.41) is 0. The van der Waals surface area contributed by atoms with Gasteiger partial charge >= 0.3 is 0 Å². The van der Waals surface area contributed by atoms with E-state index in [1.807, 2.05) is 17.0 Å². The van der Waals surface area contributed by atoms with Crippen molar-refractivity contribution in [1.29, 1.82) is 0 Å². The van der Waals surface area contributed by atoms with Crippen LogP contribution in [0.25, 0.3) is 0 Å². The van der Waals surface area contributed by atoms with E-state index in [-0.39, 0.29) is 11.7 Å². The SMILES string of the molecule is O=C(CCc1ccc2c(c1)CCO2)N1CCN(CCOc2ccc(F)cc2F)CC1. The maximum atomic E-state index is 13.6. The van der Waals surface area contributed by atoms with Gasteiger partial charge in [-0.15, -0.1) is 0 Å². The molecule has 0 aromatic heterocycles. The van der Waals surface area contributed by atoms with Crippen molar-refractivity contribution >= 4 is 5.91 Å². The van der Waals surface area contributed by atoms with E-state index >= 15 is 0 Å². The minimum atomic E-state index is -0.693. The predicted octanol–water partition coefficient (Wildman–Crippen LogP) is 3.06. The van der Waals surface area contributed by atoms with Gasteiger partial charge in [-0.2, -0.15) is 0 Å². The van der Waals surface area contributed by atoms with Gasteiger partial charge in [0.2, 0.25) is 5.91 Å². The highest BCUT2D eigenvalue weighted by atomic mass is 19.1. The maximum absolute atomic E-state index is 13.6. The lowest BCUT2D eigenvalue weighted by Crippen LogP contribution is -2.49. The quantitative estimate of drug-likeness (QED) is 0.696. The van der Waals surface area contributed by atoms with Crippen molar-refractivity contribution in [2.75, 3.05) is 45.9 Å². The monoisotopic (exact) mass is 416 g/mol. The first-order valence-corrected chi connectivity index (χ1v) is 10.4. The zero-order chi connectivity index (χ0) is 20.9. The molecule has 7 heteroatoms. The second-order valence-corrected chi connectivity index (χ2v) is 7.69. The minimum absolute atomic E-state index is 0.0586. The lowest BCUT2D eigenvalue weighted by Gasteiger charge is -2.34. The minimum Gasteiger partial charge on any atom is -0.493 e. The Labute approximate surface area is 175 Å². The Morgan fingerprint density at radius 3 is 2.70 bits per heavy atom. The number of fused-ring (bicyclic) bond motifs is 1. The number of benzene rings is 2. The molecular formula is C23H26F2N2O3. The normalized spacial score (nSPS) is 16.3. The molecule has 0 radical (unpaired) electrons. The molecule has 0 atom stereocenters. The molecule has 0 aliphatic carbocycles. The second-order valence-electron chi connectivity index (χ2n) is 7.69. The Morgan fingerprint density at radius 1 is 1.07 bits per heavy atom. The van der Waals surface area contributed by atoms with E-state index in [0.29, 0.717) is 32.7 Å². The van der Waals surface area contributed by atoms with Gasteiger partial charge in [0.1, 0.15) is 18.2 Å². The maximum Gasteiger partial charge on any atom is 0.222 e. The van der Waals surface area contributed by atoms with Crippen LogP contribution in [0.3, 0.4) is 0 Å². The lowest BCUT2D eigenvalue weighted by atomic mass is 10.0. The number of rotatable bonds is 7. The van der Waals surface area contributed by atoms with Gasteiger partial charge in [0.15, 0.2) is 11.6 Å². The number of ether oxygens (including phenoxy) is 2. The molecular weight excluding hydrogens is 390 g/mol. The molecule has 160 valence electrons. The highest BCUT2D eigenvalue weighted by Gasteiger charge is 2.21. The summed E-state index contributed by atoms with van der Waals surface area (Å²) in [4.78, 5) is 16.7. The molecule has 30 heavy (non-hydrogen) atoms. The summed E-state index contributed by atoms with van der Waals surface area (Å²) in [5.74, 6) is -0.112. The van der Waals surface area contributed by atoms with E-state index in [4.69, 9.17) is 9.47 Å². The van der Waals surface area contributed by atoms with Crippen LogP contribution in [0.5, 0.6) is 11.5 Å². The van der Waals surface area contributed by atoms with Crippen LogP contribution in [0, 0.1) is 11.6 Å². The Kier molecular flexibility index (Phi) is 6.47. The van der Waals surface area contributed by atoms with E-state index < -0.39 is 11.6 Å². The summed E-state index contributed by atoms with van der Waals surface area (Å²) in [5.41, 5.74) is 2.41. The molecule has 0 N–H and O–H groups in total. The van der Waals surface area contributed by atoms with Crippen LogP contribution in [0.15, 0.2) is 36.4 Å². The number of piperazine rings is 1. The van der Waals surface area contributed by atoms with Gasteiger partial charge in [-0.05, 0) is 35.7 Å². The average Bonchev–Trinajstić information content (AvgIpc) is 3.22. The average molecular weight is 416 g/mol. The number of hydrogen-bond donors (Lipinski definition) is 0. The number of hydrogen-bond acceptors (Lipinski definition) is 4. The molecule has 5 nitrogen and oxygen atoms in total. The molecule has 2 aliphatic heterocycles. The second kappa shape index (κ2) is 9.43. The fraction of sp³-hybridized carbons (Fsp3) is 0.435. The van der Waals surface area contributed by atoms with Gasteiger partial charge in [0, 0.05) is 51.6 Å². The Morgan fingerprint density at radius 2 is 1.90 bits per heavy atom. The summed E-state index contributed by atoms with van der Waals surface area (Å²) >= 11 is 0. The fourth-order valence-corrected chi connectivity index (χ4v) is 3.90. The molecule has 2 heterocycles. The van der Waals surface area contributed by atoms with Gasteiger partial charge in [0.05, 0.1) is 6.61 Å². The van der Waals surface area contributed by atoms with Crippen LogP contribution < -0.4 is 9.47 Å². The molecule has 1 fully saturated rings. The first-order chi connectivity index (χ1) is 14.6. The zero-order valence-electron chi connectivity index (χ0n) is 16.9. The van der Waals surface area contributed by atoms with Gasteiger partial charge in [-0.1, -0.05) is 12.1 Å². The highest BCUT2D eigenvalue weighted by molar-refractivity contribution is 5.76. The summed E-state index contributed by atoms with van der Waals surface area (Å²) in [7, 11) is 0. The van der Waals surface area contributed by atoms with Crippen LogP contribution in [0.2, 0.25) is 0 Å². The van der Waals surface area contributed by atoms with Crippen molar-refractivity contribution in [2.24, 2.45) is 0 Å². The fourth-order valence-electron chi connectivity index (χ4n) is 3.90. The molecule has 2 aliphatic rings. The number of amides is 1. The van der Waals surface area contributed by atoms with Crippen LogP contribution in [-0.4, -0.2) is 61.6 Å². The van der Waals surface area contributed by atoms with Crippen molar-refractivity contribution in [3.05, 3.63) is 59.2 Å². The van der Waals surface area contributed by atoms with E-state index in [9.17, 15) is 13.6 Å². The number of nitrogens with zero attached hydrogens (tertiary/aromatic N) is 2. The van der Waals surface area contributed by atoms with Crippen LogP contribution in [0.4, 0.5) is 8.78 Å². The Bertz CT molecular complexity index is 898. The lowest BCUT2D eigenvalue weighted by molar-refractivity contribution is -0.132. The number of aryl methyl sites for hydroxylation is 1. The summed E-state index contributed by atoms with van der Waals surface area (Å²) in [6.45, 7) is 4.58. The van der Waals surface area contributed by atoms with E-state index in [2.05, 4.69) is 11.0 Å². The Hall–Kier alpha value is -2.67. The van der Waals surface area contributed by atoms with E-state index in [0.717, 1.165) is 44.4 Å². The number of halogens is 2. The molecule has 2 aromatic carbocycles. The van der Waals surface area contributed by atoms with Crippen molar-refractivity contribution in [3.8, 4) is 11.5 Å². The first-order valence-electron chi connectivity index (χ1n) is 10.4. The van der Waals surface area contributed by atoms with Crippen molar-refractivity contribution < 1.29 is 23.0 Å². The smallest absolute Gasteiger partial charge is 0.222 e. The van der Waals surface area contributed by atoms with Gasteiger partial charge in [0.25, 0.3) is 0 Å². The molecule has 0 spiro atoms. The zero-order valence-corrected chi connectivity index (χ0v) is 16.9. The Balaban J connectivity index is 1.16. The third-order valence-corrected chi connectivity index (χ3v) is 5.67. The largest absolute Gasteiger partial charge is 0.493 e. The van der Waals surface area contributed by atoms with Gasteiger partial charge in [-0.25, -0.2) is 8.78 Å². The van der Waals surface area contributed by atoms with Crippen molar-refractivity contribution in [1.82, 2.24) is 9.80 Å². The van der Waals surface area contributed by atoms with Crippen LogP contribution in [-0.2, 0) is 17.6 Å². The van der Waals surface area contributed by atoms with E-state index in [1.54, 1.807) is 0 Å². The van der Waals surface area contributed by atoms with Crippen LogP contribution in [0.1, 0.15) is 17.5 Å². The van der Waals surface area contributed by atoms with Crippen molar-refractivity contribution in [2.45, 2.75) is 19.3 Å². The molecule has 4 rings (SSSR count).